The molecule has 0 aliphatic rings. The Labute approximate surface area is 91.9 Å². The fraction of sp³-hybridized carbons (Fsp3) is 0. The Morgan fingerprint density at radius 2 is 0.750 bits per heavy atom. The van der Waals surface area contributed by atoms with Crippen LogP contribution in [0.1, 0.15) is 0 Å². The molecule has 0 radical (unpaired) electrons. The Morgan fingerprint density at radius 1 is 0.750 bits per heavy atom. The Balaban J connectivity index is 0. The van der Waals surface area contributed by atoms with Crippen LogP contribution in [0.5, 0.6) is 0 Å². The molecular formula is AlLa2O+7. The summed E-state index contributed by atoms with van der Waals surface area (Å²) in [7, 11) is 0. The minimum atomic E-state index is 0. The van der Waals surface area contributed by atoms with Gasteiger partial charge in [-0.3, -0.25) is 0 Å². The zero-order chi connectivity index (χ0) is 0. The standard InChI is InChI=1S/Al.2La.O/q3*+3;-2. The first-order valence-corrected chi connectivity index (χ1v) is 0. The van der Waals surface area contributed by atoms with Crippen LogP contribution in [0.15, 0.2) is 0 Å². The van der Waals surface area contributed by atoms with Gasteiger partial charge in [0.05, 0.1) is 0 Å². The molecule has 0 atom stereocenters. The molecular weight excluding hydrogens is 321 g/mol. The van der Waals surface area contributed by atoms with Gasteiger partial charge in [-0.15, -0.1) is 0 Å². The van der Waals surface area contributed by atoms with E-state index in [4.69, 9.17) is 0 Å². The van der Waals surface area contributed by atoms with Crippen LogP contribution < -0.4 is 0 Å². The van der Waals surface area contributed by atoms with Gasteiger partial charge in [0.1, 0.15) is 0 Å². The van der Waals surface area contributed by atoms with Gasteiger partial charge in [-0.05, 0) is 0 Å². The molecule has 1 nitrogen and oxygen atoms in total. The molecule has 8 valence electrons. The van der Waals surface area contributed by atoms with Crippen LogP contribution >= 0.6 is 0 Å². The molecule has 0 bridgehead atoms. The molecule has 0 aromatic rings. The SMILES string of the molecule is [Al+3].[La+3].[La+3].[O-2]. The van der Waals surface area contributed by atoms with Gasteiger partial charge < -0.3 is 5.48 Å². The minimum absolute atomic E-state index is 0. The second kappa shape index (κ2) is 16.9. The third-order valence-corrected chi connectivity index (χ3v) is 0. The largest absolute Gasteiger partial charge is 3.00 e. The summed E-state index contributed by atoms with van der Waals surface area (Å²) in [5, 5.41) is 0. The van der Waals surface area contributed by atoms with Gasteiger partial charge in [-0.1, -0.05) is 0 Å². The predicted molar refractivity (Wildman–Crippen MR) is 6.44 cm³/mol. The first kappa shape index (κ1) is 28.7. The molecule has 0 unspecified atom stereocenters. The van der Waals surface area contributed by atoms with Crippen molar-refractivity contribution in [1.29, 1.82) is 0 Å². The van der Waals surface area contributed by atoms with E-state index in [9.17, 15) is 0 Å². The second-order valence-corrected chi connectivity index (χ2v) is 0. The van der Waals surface area contributed by atoms with Gasteiger partial charge >= 0.3 is 88.6 Å². The van der Waals surface area contributed by atoms with Gasteiger partial charge in [0.2, 0.25) is 0 Å². The average Bonchev–Trinajstić information content (AvgIpc) is 0. The van der Waals surface area contributed by atoms with E-state index in [0.717, 1.165) is 0 Å². The van der Waals surface area contributed by atoms with E-state index in [1.165, 1.54) is 0 Å². The Hall–Kier alpha value is 2.88. The van der Waals surface area contributed by atoms with Gasteiger partial charge in [0, 0.05) is 0 Å². The van der Waals surface area contributed by atoms with E-state index in [1.54, 1.807) is 0 Å². The number of rotatable bonds is 0. The third-order valence-electron chi connectivity index (χ3n) is 0. The van der Waals surface area contributed by atoms with Crippen LogP contribution in [0.4, 0.5) is 0 Å². The first-order valence-electron chi connectivity index (χ1n) is 0. The predicted octanol–water partition coefficient (Wildman–Crippen LogP) is -0.500. The summed E-state index contributed by atoms with van der Waals surface area (Å²) in [6.45, 7) is 0. The normalized spacial score (nSPS) is 0. The molecule has 0 aromatic heterocycles. The van der Waals surface area contributed by atoms with Crippen molar-refractivity contribution in [2.45, 2.75) is 0 Å². The van der Waals surface area contributed by atoms with Gasteiger partial charge in [0.25, 0.3) is 0 Å². The minimum Gasteiger partial charge on any atom is -2.00 e. The number of hydrogen-bond donors (Lipinski definition) is 0. The molecule has 0 amide bonds. The molecule has 4 heteroatoms. The van der Waals surface area contributed by atoms with Crippen LogP contribution in [0.2, 0.25) is 0 Å². The second-order valence-electron chi connectivity index (χ2n) is 0. The summed E-state index contributed by atoms with van der Waals surface area (Å²) in [5.41, 5.74) is 0. The van der Waals surface area contributed by atoms with Gasteiger partial charge in [0.15, 0.2) is 0 Å². The van der Waals surface area contributed by atoms with Crippen molar-refractivity contribution in [3.8, 4) is 0 Å². The molecule has 0 fully saturated rings. The summed E-state index contributed by atoms with van der Waals surface area (Å²) in [6.07, 6.45) is 0. The van der Waals surface area contributed by atoms with E-state index >= 15 is 0 Å². The zero-order valence-corrected chi connectivity index (χ0v) is 10.5. The summed E-state index contributed by atoms with van der Waals surface area (Å²) in [6, 6.07) is 0. The molecule has 0 spiro atoms. The molecule has 0 heterocycles. The van der Waals surface area contributed by atoms with Crippen molar-refractivity contribution in [3.05, 3.63) is 0 Å². The van der Waals surface area contributed by atoms with Crippen LogP contribution in [0.25, 0.3) is 0 Å². The van der Waals surface area contributed by atoms with E-state index in [0.29, 0.717) is 0 Å². The molecule has 4 heavy (non-hydrogen) atoms. The van der Waals surface area contributed by atoms with Gasteiger partial charge in [-0.2, -0.15) is 0 Å². The molecule has 0 saturated carbocycles. The maximum absolute atomic E-state index is 0. The van der Waals surface area contributed by atoms with Crippen LogP contribution in [0.3, 0.4) is 0 Å². The van der Waals surface area contributed by atoms with Crippen molar-refractivity contribution in [2.75, 3.05) is 0 Å². The average molecular weight is 321 g/mol. The Bertz CT molecular complexity index is 6.00. The Kier molecular flexibility index (Phi) is 121. The molecule has 0 aromatic carbocycles. The van der Waals surface area contributed by atoms with E-state index in [1.807, 2.05) is 0 Å². The molecule has 0 saturated heterocycles. The quantitative estimate of drug-likeness (QED) is 0.539. The van der Waals surface area contributed by atoms with E-state index in [-0.39, 0.29) is 94.0 Å². The summed E-state index contributed by atoms with van der Waals surface area (Å²) in [5.74, 6) is 0. The van der Waals surface area contributed by atoms with Crippen molar-refractivity contribution < 1.29 is 76.7 Å². The maximum atomic E-state index is 0. The fourth-order valence-electron chi connectivity index (χ4n) is 0. The van der Waals surface area contributed by atoms with Crippen molar-refractivity contribution >= 4 is 17.4 Å². The molecule has 0 aliphatic heterocycles. The fourth-order valence-corrected chi connectivity index (χ4v) is 0. The third kappa shape index (κ3) is 8.86. The van der Waals surface area contributed by atoms with Gasteiger partial charge in [-0.25, -0.2) is 0 Å². The molecule has 0 rings (SSSR count). The summed E-state index contributed by atoms with van der Waals surface area (Å²) in [4.78, 5) is 0. The zero-order valence-electron chi connectivity index (χ0n) is 2.14. The Morgan fingerprint density at radius 3 is 0.750 bits per heavy atom. The topological polar surface area (TPSA) is 28.5 Å². The van der Waals surface area contributed by atoms with Crippen molar-refractivity contribution in [1.82, 2.24) is 0 Å². The van der Waals surface area contributed by atoms with Crippen molar-refractivity contribution in [2.24, 2.45) is 0 Å². The van der Waals surface area contributed by atoms with Crippen LogP contribution in [-0.2, 0) is 5.48 Å². The first-order chi connectivity index (χ1) is 0. The smallest absolute Gasteiger partial charge is 2.00 e. The monoisotopic (exact) mass is 321 g/mol. The summed E-state index contributed by atoms with van der Waals surface area (Å²) < 4.78 is 0. The van der Waals surface area contributed by atoms with Crippen molar-refractivity contribution in [3.63, 3.8) is 0 Å². The summed E-state index contributed by atoms with van der Waals surface area (Å²) >= 11 is 0. The number of hydrogen-bond acceptors (Lipinski definition) is 0. The van der Waals surface area contributed by atoms with E-state index in [2.05, 4.69) is 0 Å². The maximum Gasteiger partial charge on any atom is 3.00 e. The van der Waals surface area contributed by atoms with E-state index < -0.39 is 0 Å². The van der Waals surface area contributed by atoms with Crippen LogP contribution in [0, 0.1) is 71.2 Å². The van der Waals surface area contributed by atoms with Crippen LogP contribution in [-0.4, -0.2) is 17.4 Å². The molecule has 0 aliphatic carbocycles. The molecule has 0 N–H and O–H groups in total.